The molecule has 1 aromatic rings. The van der Waals surface area contributed by atoms with Gasteiger partial charge in [-0.05, 0) is 32.3 Å². The number of ether oxygens (including phenoxy) is 1. The molecule has 0 aliphatic carbocycles. The van der Waals surface area contributed by atoms with Crippen LogP contribution in [0.15, 0.2) is 18.2 Å². The van der Waals surface area contributed by atoms with Gasteiger partial charge in [0.05, 0.1) is 6.42 Å². The van der Waals surface area contributed by atoms with Gasteiger partial charge in [0.15, 0.2) is 0 Å². The van der Waals surface area contributed by atoms with Crippen molar-refractivity contribution in [2.45, 2.75) is 44.8 Å². The first-order valence-corrected chi connectivity index (χ1v) is 6.17. The number of hydrogen-bond acceptors (Lipinski definition) is 3. The first kappa shape index (κ1) is 12.9. The fourth-order valence-corrected chi connectivity index (χ4v) is 2.28. The Hall–Kier alpha value is -1.55. The maximum atomic E-state index is 10.8. The second-order valence-corrected chi connectivity index (χ2v) is 5.40. The van der Waals surface area contributed by atoms with Crippen LogP contribution < -0.4 is 10.5 Å². The number of carbonyl (C=O) groups is 1. The van der Waals surface area contributed by atoms with Gasteiger partial charge in [-0.1, -0.05) is 18.2 Å². The van der Waals surface area contributed by atoms with Crippen molar-refractivity contribution in [2.75, 3.05) is 0 Å². The van der Waals surface area contributed by atoms with E-state index in [4.69, 9.17) is 15.6 Å². The van der Waals surface area contributed by atoms with Gasteiger partial charge >= 0.3 is 5.97 Å². The summed E-state index contributed by atoms with van der Waals surface area (Å²) in [5.74, 6) is -0.113. The number of hydrogen-bond donors (Lipinski definition) is 2. The first-order valence-electron chi connectivity index (χ1n) is 6.17. The Kier molecular flexibility index (Phi) is 3.30. The molecule has 0 amide bonds. The van der Waals surface area contributed by atoms with Gasteiger partial charge in [-0.3, -0.25) is 4.79 Å². The summed E-state index contributed by atoms with van der Waals surface area (Å²) in [6.07, 6.45) is 1.81. The maximum Gasteiger partial charge on any atom is 0.305 e. The third kappa shape index (κ3) is 2.64. The number of aliphatic carboxylic acids is 1. The summed E-state index contributed by atoms with van der Waals surface area (Å²) in [5.41, 5.74) is 7.64. The minimum atomic E-state index is -0.893. The Morgan fingerprint density at radius 2 is 2.28 bits per heavy atom. The summed E-state index contributed by atoms with van der Waals surface area (Å²) in [7, 11) is 0. The lowest BCUT2D eigenvalue weighted by molar-refractivity contribution is -0.137. The third-order valence-electron chi connectivity index (χ3n) is 3.30. The molecule has 1 aromatic carbocycles. The van der Waals surface area contributed by atoms with Crippen molar-refractivity contribution in [3.8, 4) is 5.75 Å². The largest absolute Gasteiger partial charge is 0.487 e. The van der Waals surface area contributed by atoms with Crippen molar-refractivity contribution in [1.82, 2.24) is 0 Å². The molecule has 4 nitrogen and oxygen atoms in total. The quantitative estimate of drug-likeness (QED) is 0.861. The minimum Gasteiger partial charge on any atom is -0.487 e. The summed E-state index contributed by atoms with van der Waals surface area (Å²) in [4.78, 5) is 10.8. The van der Waals surface area contributed by atoms with E-state index in [1.54, 1.807) is 0 Å². The van der Waals surface area contributed by atoms with Gasteiger partial charge < -0.3 is 15.6 Å². The van der Waals surface area contributed by atoms with Crippen LogP contribution in [-0.2, 0) is 11.2 Å². The zero-order valence-electron chi connectivity index (χ0n) is 10.8. The van der Waals surface area contributed by atoms with Crippen LogP contribution in [0.3, 0.4) is 0 Å². The fraction of sp³-hybridized carbons (Fsp3) is 0.500. The van der Waals surface area contributed by atoms with Crippen LogP contribution in [0.1, 0.15) is 43.9 Å². The average Bonchev–Trinajstić information content (AvgIpc) is 2.26. The number of aryl methyl sites for hydroxylation is 1. The van der Waals surface area contributed by atoms with E-state index in [0.29, 0.717) is 0 Å². The minimum absolute atomic E-state index is 0.0831. The maximum absolute atomic E-state index is 10.8. The molecule has 2 rings (SSSR count). The number of nitrogens with two attached hydrogens (primary N) is 1. The number of carboxylic acids is 1. The highest BCUT2D eigenvalue weighted by molar-refractivity contribution is 5.68. The van der Waals surface area contributed by atoms with E-state index in [0.717, 1.165) is 29.7 Å². The van der Waals surface area contributed by atoms with Gasteiger partial charge in [0.25, 0.3) is 0 Å². The molecular weight excluding hydrogens is 230 g/mol. The Morgan fingerprint density at radius 3 is 2.94 bits per heavy atom. The summed E-state index contributed by atoms with van der Waals surface area (Å²) in [6.45, 7) is 4.07. The molecule has 1 aliphatic rings. The molecule has 0 radical (unpaired) electrons. The molecule has 1 atom stereocenters. The lowest BCUT2D eigenvalue weighted by Gasteiger charge is -2.34. The predicted molar refractivity (Wildman–Crippen MR) is 68.7 cm³/mol. The topological polar surface area (TPSA) is 72.6 Å². The summed E-state index contributed by atoms with van der Waals surface area (Å²) >= 11 is 0. The first-order chi connectivity index (χ1) is 8.39. The van der Waals surface area contributed by atoms with Crippen LogP contribution in [0.5, 0.6) is 5.75 Å². The van der Waals surface area contributed by atoms with Crippen LogP contribution in [0.2, 0.25) is 0 Å². The highest BCUT2D eigenvalue weighted by atomic mass is 16.5. The van der Waals surface area contributed by atoms with E-state index in [1.165, 1.54) is 0 Å². The SMILES string of the molecule is CC1(C)CCc2cccc(C(N)CC(=O)O)c2O1. The molecule has 0 saturated carbocycles. The molecule has 0 fully saturated rings. The third-order valence-corrected chi connectivity index (χ3v) is 3.30. The predicted octanol–water partition coefficient (Wildman–Crippen LogP) is 2.26. The molecule has 0 bridgehead atoms. The molecule has 1 heterocycles. The van der Waals surface area contributed by atoms with Gasteiger partial charge in [0.1, 0.15) is 11.4 Å². The number of carboxylic acid groups (broad SMARTS) is 1. The van der Waals surface area contributed by atoms with Gasteiger partial charge in [0, 0.05) is 11.6 Å². The van der Waals surface area contributed by atoms with Crippen LogP contribution in [0.25, 0.3) is 0 Å². The Balaban J connectivity index is 2.35. The van der Waals surface area contributed by atoms with E-state index in [-0.39, 0.29) is 12.0 Å². The molecule has 1 aliphatic heterocycles. The molecule has 18 heavy (non-hydrogen) atoms. The summed E-state index contributed by atoms with van der Waals surface area (Å²) in [6, 6.07) is 5.26. The lowest BCUT2D eigenvalue weighted by atomic mass is 9.91. The zero-order valence-corrected chi connectivity index (χ0v) is 10.8. The van der Waals surface area contributed by atoms with Crippen LogP contribution in [0.4, 0.5) is 0 Å². The van der Waals surface area contributed by atoms with Crippen molar-refractivity contribution in [2.24, 2.45) is 5.73 Å². The number of benzene rings is 1. The van der Waals surface area contributed by atoms with Crippen molar-refractivity contribution in [3.05, 3.63) is 29.3 Å². The van der Waals surface area contributed by atoms with Crippen molar-refractivity contribution in [3.63, 3.8) is 0 Å². The smallest absolute Gasteiger partial charge is 0.305 e. The Morgan fingerprint density at radius 1 is 1.56 bits per heavy atom. The molecular formula is C14H19NO3. The van der Waals surface area contributed by atoms with Crippen LogP contribution in [-0.4, -0.2) is 16.7 Å². The number of rotatable bonds is 3. The van der Waals surface area contributed by atoms with Crippen molar-refractivity contribution < 1.29 is 14.6 Å². The summed E-state index contributed by atoms with van der Waals surface area (Å²) < 4.78 is 5.98. The monoisotopic (exact) mass is 249 g/mol. The van der Waals surface area contributed by atoms with Gasteiger partial charge in [-0.2, -0.15) is 0 Å². The number of fused-ring (bicyclic) bond motifs is 1. The van der Waals surface area contributed by atoms with E-state index >= 15 is 0 Å². The Labute approximate surface area is 107 Å². The van der Waals surface area contributed by atoms with Crippen LogP contribution >= 0.6 is 0 Å². The molecule has 98 valence electrons. The second-order valence-electron chi connectivity index (χ2n) is 5.40. The highest BCUT2D eigenvalue weighted by Crippen LogP contribution is 2.38. The number of para-hydroxylation sites is 1. The van der Waals surface area contributed by atoms with E-state index in [1.807, 2.05) is 32.0 Å². The van der Waals surface area contributed by atoms with Crippen molar-refractivity contribution in [1.29, 1.82) is 0 Å². The van der Waals surface area contributed by atoms with Gasteiger partial charge in [0.2, 0.25) is 0 Å². The standard InChI is InChI=1S/C14H19NO3/c1-14(2)7-6-9-4-3-5-10(13(9)18-14)11(15)8-12(16)17/h3-5,11H,6-8,15H2,1-2H3,(H,16,17). The normalized spacial score (nSPS) is 18.6. The molecule has 3 N–H and O–H groups in total. The van der Waals surface area contributed by atoms with E-state index in [9.17, 15) is 4.79 Å². The van der Waals surface area contributed by atoms with Gasteiger partial charge in [-0.15, -0.1) is 0 Å². The molecule has 1 unspecified atom stereocenters. The molecule has 0 aromatic heterocycles. The fourth-order valence-electron chi connectivity index (χ4n) is 2.28. The highest BCUT2D eigenvalue weighted by Gasteiger charge is 2.29. The van der Waals surface area contributed by atoms with E-state index < -0.39 is 12.0 Å². The summed E-state index contributed by atoms with van der Waals surface area (Å²) in [5, 5.41) is 8.83. The lowest BCUT2D eigenvalue weighted by Crippen LogP contribution is -2.33. The molecule has 4 heteroatoms. The average molecular weight is 249 g/mol. The zero-order chi connectivity index (χ0) is 13.3. The Bertz CT molecular complexity index is 468. The second kappa shape index (κ2) is 4.61. The van der Waals surface area contributed by atoms with Crippen molar-refractivity contribution >= 4 is 5.97 Å². The molecule has 0 saturated heterocycles. The van der Waals surface area contributed by atoms with E-state index in [2.05, 4.69) is 0 Å². The van der Waals surface area contributed by atoms with Crippen LogP contribution in [0, 0.1) is 0 Å². The van der Waals surface area contributed by atoms with Gasteiger partial charge in [-0.25, -0.2) is 0 Å². The molecule has 0 spiro atoms.